The summed E-state index contributed by atoms with van der Waals surface area (Å²) in [6.07, 6.45) is 5.54. The second-order valence-corrected chi connectivity index (χ2v) is 6.09. The monoisotopic (exact) mass is 283 g/mol. The molecule has 0 saturated heterocycles. The van der Waals surface area contributed by atoms with Gasteiger partial charge in [-0.05, 0) is 38.0 Å². The Hall–Kier alpha value is -1.10. The third-order valence-corrected chi connectivity index (χ3v) is 4.03. The molecular formula is C15H29N3O2. The van der Waals surface area contributed by atoms with E-state index >= 15 is 0 Å². The normalized spacial score (nSPS) is 22.4. The molecule has 1 saturated carbocycles. The van der Waals surface area contributed by atoms with Crippen molar-refractivity contribution in [2.24, 2.45) is 11.7 Å². The molecule has 0 heterocycles. The van der Waals surface area contributed by atoms with Crippen molar-refractivity contribution in [2.75, 3.05) is 27.2 Å². The van der Waals surface area contributed by atoms with Crippen LogP contribution >= 0.6 is 0 Å². The van der Waals surface area contributed by atoms with Gasteiger partial charge in [0.25, 0.3) is 0 Å². The lowest BCUT2D eigenvalue weighted by atomic mass is 9.84. The van der Waals surface area contributed by atoms with Crippen LogP contribution in [0.5, 0.6) is 0 Å². The van der Waals surface area contributed by atoms with E-state index in [-0.39, 0.29) is 18.4 Å². The molecular weight excluding hydrogens is 254 g/mol. The molecule has 1 rings (SSSR count). The molecule has 1 aliphatic rings. The molecule has 1 fully saturated rings. The number of likely N-dealkylation sites (N-methyl/N-ethyl adjacent to an activating group) is 1. The van der Waals surface area contributed by atoms with Crippen LogP contribution in [0, 0.1) is 5.92 Å². The summed E-state index contributed by atoms with van der Waals surface area (Å²) in [5.74, 6) is 0.538. The lowest BCUT2D eigenvalue weighted by Gasteiger charge is -2.29. The van der Waals surface area contributed by atoms with E-state index in [4.69, 9.17) is 5.73 Å². The molecule has 0 aromatic heterocycles. The topological polar surface area (TPSA) is 66.6 Å². The van der Waals surface area contributed by atoms with Gasteiger partial charge in [-0.1, -0.05) is 6.92 Å². The predicted molar refractivity (Wildman–Crippen MR) is 80.1 cm³/mol. The lowest BCUT2D eigenvalue weighted by Crippen LogP contribution is -2.41. The zero-order valence-corrected chi connectivity index (χ0v) is 13.1. The smallest absolute Gasteiger partial charge is 0.241 e. The Labute approximate surface area is 122 Å². The fraction of sp³-hybridized carbons (Fsp3) is 0.867. The Morgan fingerprint density at radius 1 is 1.10 bits per heavy atom. The number of nitrogens with zero attached hydrogens (tertiary/aromatic N) is 2. The molecule has 0 spiro atoms. The summed E-state index contributed by atoms with van der Waals surface area (Å²) in [7, 11) is 3.44. The standard InChI is InChI=1S/C15H29N3O2/c1-4-9-18(11-15(20)17(2)3)14(19)10-12-5-7-13(16)8-6-12/h12-13H,4-11,16H2,1-3H3. The first-order chi connectivity index (χ1) is 9.43. The summed E-state index contributed by atoms with van der Waals surface area (Å²) >= 11 is 0. The Bertz CT molecular complexity index is 323. The highest BCUT2D eigenvalue weighted by Crippen LogP contribution is 2.26. The highest BCUT2D eigenvalue weighted by atomic mass is 16.2. The van der Waals surface area contributed by atoms with E-state index in [0.29, 0.717) is 24.9 Å². The van der Waals surface area contributed by atoms with Crippen LogP contribution in [0.25, 0.3) is 0 Å². The summed E-state index contributed by atoms with van der Waals surface area (Å²) in [4.78, 5) is 27.4. The van der Waals surface area contributed by atoms with E-state index in [1.807, 2.05) is 6.92 Å². The molecule has 1 aliphatic carbocycles. The summed E-state index contributed by atoms with van der Waals surface area (Å²) in [6.45, 7) is 2.89. The van der Waals surface area contributed by atoms with E-state index in [0.717, 1.165) is 32.1 Å². The van der Waals surface area contributed by atoms with Crippen molar-refractivity contribution in [1.29, 1.82) is 0 Å². The fourth-order valence-electron chi connectivity index (χ4n) is 2.63. The van der Waals surface area contributed by atoms with Gasteiger partial charge in [0, 0.05) is 33.1 Å². The predicted octanol–water partition coefficient (Wildman–Crippen LogP) is 1.22. The SMILES string of the molecule is CCCN(CC(=O)N(C)C)C(=O)CC1CCC(N)CC1. The van der Waals surface area contributed by atoms with Crippen LogP contribution in [-0.2, 0) is 9.59 Å². The van der Waals surface area contributed by atoms with Gasteiger partial charge >= 0.3 is 0 Å². The maximum atomic E-state index is 12.4. The van der Waals surface area contributed by atoms with Gasteiger partial charge in [-0.3, -0.25) is 9.59 Å². The Balaban J connectivity index is 2.49. The van der Waals surface area contributed by atoms with Gasteiger partial charge in [-0.15, -0.1) is 0 Å². The zero-order valence-electron chi connectivity index (χ0n) is 13.1. The van der Waals surface area contributed by atoms with Crippen LogP contribution in [0.2, 0.25) is 0 Å². The molecule has 0 aromatic carbocycles. The van der Waals surface area contributed by atoms with E-state index in [1.165, 1.54) is 4.90 Å². The van der Waals surface area contributed by atoms with Gasteiger partial charge in [0.15, 0.2) is 0 Å². The number of hydrogen-bond donors (Lipinski definition) is 1. The highest BCUT2D eigenvalue weighted by molar-refractivity contribution is 5.84. The largest absolute Gasteiger partial charge is 0.347 e. The molecule has 2 N–H and O–H groups in total. The Morgan fingerprint density at radius 2 is 1.70 bits per heavy atom. The average Bonchev–Trinajstić information content (AvgIpc) is 2.40. The summed E-state index contributed by atoms with van der Waals surface area (Å²) < 4.78 is 0. The first-order valence-corrected chi connectivity index (χ1v) is 7.67. The van der Waals surface area contributed by atoms with Gasteiger partial charge < -0.3 is 15.5 Å². The van der Waals surface area contributed by atoms with Crippen molar-refractivity contribution in [3.63, 3.8) is 0 Å². The molecule has 0 bridgehead atoms. The van der Waals surface area contributed by atoms with Crippen LogP contribution in [0.4, 0.5) is 0 Å². The van der Waals surface area contributed by atoms with Crippen LogP contribution in [0.1, 0.15) is 45.4 Å². The fourth-order valence-corrected chi connectivity index (χ4v) is 2.63. The molecule has 5 heteroatoms. The number of nitrogens with two attached hydrogens (primary N) is 1. The molecule has 0 unspecified atom stereocenters. The molecule has 0 aromatic rings. The third kappa shape index (κ3) is 5.49. The number of amides is 2. The minimum atomic E-state index is -0.0162. The maximum absolute atomic E-state index is 12.4. The lowest BCUT2D eigenvalue weighted by molar-refractivity contribution is -0.140. The molecule has 0 radical (unpaired) electrons. The van der Waals surface area contributed by atoms with Crippen molar-refractivity contribution in [3.8, 4) is 0 Å². The number of rotatable bonds is 6. The maximum Gasteiger partial charge on any atom is 0.241 e. The van der Waals surface area contributed by atoms with Crippen LogP contribution in [0.15, 0.2) is 0 Å². The van der Waals surface area contributed by atoms with Crippen molar-refractivity contribution in [3.05, 3.63) is 0 Å². The molecule has 116 valence electrons. The molecule has 0 atom stereocenters. The van der Waals surface area contributed by atoms with Gasteiger partial charge in [0.2, 0.25) is 11.8 Å². The summed E-state index contributed by atoms with van der Waals surface area (Å²) in [5.41, 5.74) is 5.89. The van der Waals surface area contributed by atoms with Crippen LogP contribution in [0.3, 0.4) is 0 Å². The van der Waals surface area contributed by atoms with E-state index < -0.39 is 0 Å². The second kappa shape index (κ2) is 8.25. The number of carbonyl (C=O) groups excluding carboxylic acids is 2. The van der Waals surface area contributed by atoms with Gasteiger partial charge in [-0.25, -0.2) is 0 Å². The quantitative estimate of drug-likeness (QED) is 0.797. The number of carbonyl (C=O) groups is 2. The van der Waals surface area contributed by atoms with Crippen molar-refractivity contribution in [1.82, 2.24) is 9.80 Å². The van der Waals surface area contributed by atoms with Crippen molar-refractivity contribution >= 4 is 11.8 Å². The van der Waals surface area contributed by atoms with Gasteiger partial charge in [0.1, 0.15) is 0 Å². The summed E-state index contributed by atoms with van der Waals surface area (Å²) in [5, 5.41) is 0. The second-order valence-electron chi connectivity index (χ2n) is 6.09. The Kier molecular flexibility index (Phi) is 6.99. The number of hydrogen-bond acceptors (Lipinski definition) is 3. The molecule has 5 nitrogen and oxygen atoms in total. The average molecular weight is 283 g/mol. The van der Waals surface area contributed by atoms with Crippen molar-refractivity contribution in [2.45, 2.75) is 51.5 Å². The van der Waals surface area contributed by atoms with Gasteiger partial charge in [0.05, 0.1) is 6.54 Å². The first kappa shape index (κ1) is 17.0. The van der Waals surface area contributed by atoms with Crippen LogP contribution in [-0.4, -0.2) is 54.8 Å². The Morgan fingerprint density at radius 3 is 2.20 bits per heavy atom. The summed E-state index contributed by atoms with van der Waals surface area (Å²) in [6, 6.07) is 0.309. The zero-order chi connectivity index (χ0) is 15.1. The van der Waals surface area contributed by atoms with Gasteiger partial charge in [-0.2, -0.15) is 0 Å². The minimum Gasteiger partial charge on any atom is -0.347 e. The van der Waals surface area contributed by atoms with Crippen LogP contribution < -0.4 is 5.73 Å². The molecule has 2 amide bonds. The van der Waals surface area contributed by atoms with E-state index in [2.05, 4.69) is 0 Å². The molecule has 20 heavy (non-hydrogen) atoms. The van der Waals surface area contributed by atoms with Crippen molar-refractivity contribution < 1.29 is 9.59 Å². The van der Waals surface area contributed by atoms with E-state index in [1.54, 1.807) is 19.0 Å². The third-order valence-electron chi connectivity index (χ3n) is 4.03. The first-order valence-electron chi connectivity index (χ1n) is 7.67. The highest BCUT2D eigenvalue weighted by Gasteiger charge is 2.24. The van der Waals surface area contributed by atoms with E-state index in [9.17, 15) is 9.59 Å². The molecule has 0 aliphatic heterocycles. The minimum absolute atomic E-state index is 0.0162.